The normalized spacial score (nSPS) is 19.1. The van der Waals surface area contributed by atoms with E-state index in [1.807, 2.05) is 7.05 Å². The molecule has 2 rings (SSSR count). The van der Waals surface area contributed by atoms with Gasteiger partial charge < -0.3 is 10.0 Å². The van der Waals surface area contributed by atoms with Gasteiger partial charge >= 0.3 is 5.97 Å². The summed E-state index contributed by atoms with van der Waals surface area (Å²) in [7, 11) is 2.00. The molecule has 1 aromatic rings. The van der Waals surface area contributed by atoms with E-state index >= 15 is 0 Å². The number of carboxylic acid groups (broad SMARTS) is 1. The maximum absolute atomic E-state index is 11.3. The smallest absolute Gasteiger partial charge is 0.311 e. The molecule has 1 fully saturated rings. The Balaban J connectivity index is 2.19. The zero-order valence-corrected chi connectivity index (χ0v) is 9.81. The van der Waals surface area contributed by atoms with Gasteiger partial charge in [-0.1, -0.05) is 23.7 Å². The van der Waals surface area contributed by atoms with Crippen molar-refractivity contribution in [3.63, 3.8) is 0 Å². The summed E-state index contributed by atoms with van der Waals surface area (Å²) in [5, 5.41) is 9.90. The molecule has 0 saturated carbocycles. The van der Waals surface area contributed by atoms with Gasteiger partial charge in [-0.3, -0.25) is 4.79 Å². The second-order valence-electron chi connectivity index (χ2n) is 4.35. The van der Waals surface area contributed by atoms with Crippen LogP contribution in [0.5, 0.6) is 0 Å². The second kappa shape index (κ2) is 4.44. The molecule has 1 atom stereocenters. The molecule has 16 heavy (non-hydrogen) atoms. The largest absolute Gasteiger partial charge is 0.481 e. The van der Waals surface area contributed by atoms with E-state index in [9.17, 15) is 9.90 Å². The van der Waals surface area contributed by atoms with Gasteiger partial charge in [-0.15, -0.1) is 0 Å². The van der Waals surface area contributed by atoms with Crippen molar-refractivity contribution in [1.29, 1.82) is 0 Å². The van der Waals surface area contributed by atoms with Crippen molar-refractivity contribution in [3.05, 3.63) is 34.9 Å². The average molecular weight is 240 g/mol. The van der Waals surface area contributed by atoms with Crippen LogP contribution in [0.1, 0.15) is 11.5 Å². The highest BCUT2D eigenvalue weighted by Gasteiger charge is 2.36. The van der Waals surface area contributed by atoms with Gasteiger partial charge in [0.05, 0.1) is 5.92 Å². The lowest BCUT2D eigenvalue weighted by Crippen LogP contribution is -2.48. The monoisotopic (exact) mass is 239 g/mol. The van der Waals surface area contributed by atoms with Crippen molar-refractivity contribution >= 4 is 17.6 Å². The lowest BCUT2D eigenvalue weighted by molar-refractivity contribution is -0.141. The molecular formula is C12H14ClNO2. The van der Waals surface area contributed by atoms with Gasteiger partial charge in [0, 0.05) is 24.0 Å². The van der Waals surface area contributed by atoms with E-state index in [1.54, 1.807) is 24.3 Å². The number of hydrogen-bond acceptors (Lipinski definition) is 2. The predicted molar refractivity (Wildman–Crippen MR) is 62.8 cm³/mol. The quantitative estimate of drug-likeness (QED) is 0.878. The van der Waals surface area contributed by atoms with Crippen molar-refractivity contribution in [2.24, 2.45) is 5.92 Å². The van der Waals surface area contributed by atoms with Gasteiger partial charge in [0.2, 0.25) is 0 Å². The first-order valence-electron chi connectivity index (χ1n) is 5.24. The molecule has 1 heterocycles. The Morgan fingerprint density at radius 2 is 2.00 bits per heavy atom. The minimum Gasteiger partial charge on any atom is -0.481 e. The van der Waals surface area contributed by atoms with Gasteiger partial charge in [-0.2, -0.15) is 0 Å². The second-order valence-corrected chi connectivity index (χ2v) is 4.79. The fourth-order valence-corrected chi connectivity index (χ4v) is 2.37. The highest BCUT2D eigenvalue weighted by atomic mass is 35.5. The fraction of sp³-hybridized carbons (Fsp3) is 0.417. The van der Waals surface area contributed by atoms with Crippen LogP contribution in [-0.2, 0) is 4.79 Å². The number of rotatable bonds is 3. The molecule has 0 spiro atoms. The van der Waals surface area contributed by atoms with Crippen LogP contribution in [0.4, 0.5) is 0 Å². The van der Waals surface area contributed by atoms with E-state index in [0.717, 1.165) is 18.7 Å². The lowest BCUT2D eigenvalue weighted by atomic mass is 9.81. The highest BCUT2D eigenvalue weighted by molar-refractivity contribution is 6.30. The molecular weight excluding hydrogens is 226 g/mol. The van der Waals surface area contributed by atoms with Crippen LogP contribution in [-0.4, -0.2) is 36.1 Å². The van der Waals surface area contributed by atoms with E-state index in [4.69, 9.17) is 11.6 Å². The Hall–Kier alpha value is -1.06. The van der Waals surface area contributed by atoms with E-state index in [0.29, 0.717) is 5.02 Å². The van der Waals surface area contributed by atoms with Gasteiger partial charge in [0.15, 0.2) is 0 Å². The molecule has 1 aliphatic rings. The summed E-state index contributed by atoms with van der Waals surface area (Å²) in [5.41, 5.74) is 0.843. The van der Waals surface area contributed by atoms with Crippen molar-refractivity contribution in [2.75, 3.05) is 20.1 Å². The molecule has 0 aliphatic carbocycles. The summed E-state index contributed by atoms with van der Waals surface area (Å²) >= 11 is 5.79. The highest BCUT2D eigenvalue weighted by Crippen LogP contribution is 2.31. The first-order chi connectivity index (χ1) is 7.58. The van der Waals surface area contributed by atoms with E-state index < -0.39 is 11.9 Å². The predicted octanol–water partition coefficient (Wildman–Crippen LogP) is 2.07. The van der Waals surface area contributed by atoms with Crippen molar-refractivity contribution in [3.8, 4) is 0 Å². The maximum Gasteiger partial charge on any atom is 0.311 e. The van der Waals surface area contributed by atoms with Gasteiger partial charge in [-0.25, -0.2) is 0 Å². The van der Waals surface area contributed by atoms with Crippen molar-refractivity contribution in [2.45, 2.75) is 5.92 Å². The Kier molecular flexibility index (Phi) is 3.17. The molecule has 0 bridgehead atoms. The third-order valence-electron chi connectivity index (χ3n) is 3.06. The molecule has 1 saturated heterocycles. The molecule has 4 heteroatoms. The third kappa shape index (κ3) is 2.20. The van der Waals surface area contributed by atoms with E-state index in [1.165, 1.54) is 0 Å². The molecule has 1 aliphatic heterocycles. The SMILES string of the molecule is CN1CC(C(C(=O)O)c2ccc(Cl)cc2)C1. The van der Waals surface area contributed by atoms with Gasteiger partial charge in [-0.05, 0) is 24.7 Å². The van der Waals surface area contributed by atoms with E-state index in [-0.39, 0.29) is 5.92 Å². The third-order valence-corrected chi connectivity index (χ3v) is 3.31. The number of benzene rings is 1. The van der Waals surface area contributed by atoms with Crippen LogP contribution in [0, 0.1) is 5.92 Å². The summed E-state index contributed by atoms with van der Waals surface area (Å²) in [6.45, 7) is 1.69. The Labute approximate surface area is 99.6 Å². The molecule has 0 amide bonds. The van der Waals surface area contributed by atoms with Crippen molar-refractivity contribution < 1.29 is 9.90 Å². The summed E-state index contributed by atoms with van der Waals surface area (Å²) in [5.74, 6) is -0.947. The number of carboxylic acids is 1. The summed E-state index contributed by atoms with van der Waals surface area (Å²) < 4.78 is 0. The fourth-order valence-electron chi connectivity index (χ4n) is 2.24. The topological polar surface area (TPSA) is 40.5 Å². The number of hydrogen-bond donors (Lipinski definition) is 1. The minimum absolute atomic E-state index is 0.212. The summed E-state index contributed by atoms with van der Waals surface area (Å²) in [6.07, 6.45) is 0. The maximum atomic E-state index is 11.3. The number of carbonyl (C=O) groups is 1. The first kappa shape index (κ1) is 11.4. The Bertz CT molecular complexity index is 385. The number of aliphatic carboxylic acids is 1. The summed E-state index contributed by atoms with van der Waals surface area (Å²) in [4.78, 5) is 13.4. The van der Waals surface area contributed by atoms with Crippen LogP contribution in [0.2, 0.25) is 5.02 Å². The van der Waals surface area contributed by atoms with Gasteiger partial charge in [0.25, 0.3) is 0 Å². The molecule has 86 valence electrons. The Morgan fingerprint density at radius 1 is 1.44 bits per heavy atom. The molecule has 1 unspecified atom stereocenters. The Morgan fingerprint density at radius 3 is 2.44 bits per heavy atom. The standard InChI is InChI=1S/C12H14ClNO2/c1-14-6-9(7-14)11(12(15)16)8-2-4-10(13)5-3-8/h2-5,9,11H,6-7H2,1H3,(H,15,16). The molecule has 0 radical (unpaired) electrons. The van der Waals surface area contributed by atoms with Crippen LogP contribution in [0.25, 0.3) is 0 Å². The molecule has 1 aromatic carbocycles. The first-order valence-corrected chi connectivity index (χ1v) is 5.62. The van der Waals surface area contributed by atoms with Crippen LogP contribution in [0.3, 0.4) is 0 Å². The molecule has 1 N–H and O–H groups in total. The van der Waals surface area contributed by atoms with Crippen molar-refractivity contribution in [1.82, 2.24) is 4.90 Å². The van der Waals surface area contributed by atoms with E-state index in [2.05, 4.69) is 4.90 Å². The van der Waals surface area contributed by atoms with Crippen LogP contribution in [0.15, 0.2) is 24.3 Å². The average Bonchev–Trinajstić information content (AvgIpc) is 2.18. The van der Waals surface area contributed by atoms with Crippen LogP contribution >= 0.6 is 11.6 Å². The number of nitrogens with zero attached hydrogens (tertiary/aromatic N) is 1. The molecule has 0 aromatic heterocycles. The zero-order chi connectivity index (χ0) is 11.7. The van der Waals surface area contributed by atoms with Crippen LogP contribution < -0.4 is 0 Å². The molecule has 3 nitrogen and oxygen atoms in total. The van der Waals surface area contributed by atoms with Gasteiger partial charge in [0.1, 0.15) is 0 Å². The number of likely N-dealkylation sites (tertiary alicyclic amines) is 1. The zero-order valence-electron chi connectivity index (χ0n) is 9.06. The number of halogens is 1. The summed E-state index contributed by atoms with van der Waals surface area (Å²) in [6, 6.07) is 7.10. The minimum atomic E-state index is -0.750. The lowest BCUT2D eigenvalue weighted by Gasteiger charge is -2.39.